The number of carbonyl (C=O) groups is 1. The molecule has 3 aromatic rings. The Morgan fingerprint density at radius 3 is 2.93 bits per heavy atom. The van der Waals surface area contributed by atoms with Crippen molar-refractivity contribution in [3.63, 3.8) is 0 Å². The van der Waals surface area contributed by atoms with Gasteiger partial charge in [0.15, 0.2) is 5.65 Å². The van der Waals surface area contributed by atoms with Gasteiger partial charge in [-0.2, -0.15) is 9.61 Å². The van der Waals surface area contributed by atoms with E-state index >= 15 is 0 Å². The summed E-state index contributed by atoms with van der Waals surface area (Å²) in [4.78, 5) is 31.5. The molecule has 28 heavy (non-hydrogen) atoms. The summed E-state index contributed by atoms with van der Waals surface area (Å²) in [5.41, 5.74) is 1.32. The standard InChI is InChI=1S/C18H19N7O3/c1-19-15-4-14-21-11-2-3-16(27)23(8-11)6-10-7-24(9-13(10)26)18(28)12-5-20-25(15)17(12)22-14/h2-5,8,10,13,19,26H,6-7,9H2,1H3,(H,21,22). The van der Waals surface area contributed by atoms with Gasteiger partial charge in [0.05, 0.1) is 18.0 Å². The van der Waals surface area contributed by atoms with Gasteiger partial charge in [0, 0.05) is 50.9 Å². The van der Waals surface area contributed by atoms with Gasteiger partial charge in [0.25, 0.3) is 11.5 Å². The quantitative estimate of drug-likeness (QED) is 0.548. The van der Waals surface area contributed by atoms with Gasteiger partial charge in [-0.3, -0.25) is 9.59 Å². The van der Waals surface area contributed by atoms with Gasteiger partial charge < -0.3 is 25.2 Å². The maximum Gasteiger partial charge on any atom is 0.259 e. The lowest BCUT2D eigenvalue weighted by atomic mass is 10.1. The van der Waals surface area contributed by atoms with E-state index in [-0.39, 0.29) is 23.9 Å². The Kier molecular flexibility index (Phi) is 3.63. The first-order chi connectivity index (χ1) is 13.5. The van der Waals surface area contributed by atoms with E-state index in [4.69, 9.17) is 0 Å². The second-order valence-corrected chi connectivity index (χ2v) is 7.14. The highest BCUT2D eigenvalue weighted by atomic mass is 16.3. The zero-order valence-electron chi connectivity index (χ0n) is 15.2. The second kappa shape index (κ2) is 6.06. The summed E-state index contributed by atoms with van der Waals surface area (Å²) in [5.74, 6) is 0.722. The minimum atomic E-state index is -0.700. The average Bonchev–Trinajstić information content (AvgIpc) is 3.26. The fraction of sp³-hybridized carbons (Fsp3) is 0.333. The van der Waals surface area contributed by atoms with Crippen LogP contribution in [0.3, 0.4) is 0 Å². The maximum absolute atomic E-state index is 13.1. The van der Waals surface area contributed by atoms with Gasteiger partial charge in [-0.25, -0.2) is 4.98 Å². The average molecular weight is 381 g/mol. The van der Waals surface area contributed by atoms with E-state index in [9.17, 15) is 14.7 Å². The summed E-state index contributed by atoms with van der Waals surface area (Å²) < 4.78 is 3.13. The van der Waals surface area contributed by atoms with Crippen molar-refractivity contribution in [2.24, 2.45) is 5.92 Å². The summed E-state index contributed by atoms with van der Waals surface area (Å²) in [5, 5.41) is 21.0. The molecule has 0 aromatic carbocycles. The van der Waals surface area contributed by atoms with Gasteiger partial charge >= 0.3 is 0 Å². The highest BCUT2D eigenvalue weighted by Gasteiger charge is 2.36. The lowest BCUT2D eigenvalue weighted by Crippen LogP contribution is -2.30. The Labute approximate surface area is 159 Å². The van der Waals surface area contributed by atoms with Crippen molar-refractivity contribution in [3.05, 3.63) is 46.5 Å². The minimum absolute atomic E-state index is 0.159. The number of fused-ring (bicyclic) bond motifs is 5. The maximum atomic E-state index is 13.1. The van der Waals surface area contributed by atoms with E-state index in [0.29, 0.717) is 41.6 Å². The van der Waals surface area contributed by atoms with Crippen molar-refractivity contribution in [1.82, 2.24) is 24.1 Å². The molecule has 10 heteroatoms. The Morgan fingerprint density at radius 1 is 1.25 bits per heavy atom. The van der Waals surface area contributed by atoms with Crippen molar-refractivity contribution < 1.29 is 9.90 Å². The zero-order chi connectivity index (χ0) is 19.4. The summed E-state index contributed by atoms with van der Waals surface area (Å²) in [6.07, 6.45) is 2.51. The number of nitrogens with zero attached hydrogens (tertiary/aromatic N) is 5. The summed E-state index contributed by atoms with van der Waals surface area (Å²) >= 11 is 0. The van der Waals surface area contributed by atoms with E-state index in [1.807, 2.05) is 0 Å². The van der Waals surface area contributed by atoms with Gasteiger partial charge in [-0.15, -0.1) is 0 Å². The predicted octanol–water partition coefficient (Wildman–Crippen LogP) is 0.123. The van der Waals surface area contributed by atoms with Crippen LogP contribution in [0.15, 0.2) is 35.4 Å². The van der Waals surface area contributed by atoms with E-state index in [1.54, 1.807) is 39.4 Å². The predicted molar refractivity (Wildman–Crippen MR) is 102 cm³/mol. The molecule has 1 fully saturated rings. The molecular weight excluding hydrogens is 362 g/mol. The summed E-state index contributed by atoms with van der Waals surface area (Å²) in [7, 11) is 1.76. The molecule has 1 saturated heterocycles. The molecule has 6 bridgehead atoms. The molecule has 0 saturated carbocycles. The number of aliphatic hydroxyl groups excluding tert-OH is 1. The molecular formula is C18H19N7O3. The number of anilines is 3. The lowest BCUT2D eigenvalue weighted by molar-refractivity contribution is 0.0766. The first kappa shape index (κ1) is 16.8. The molecule has 0 spiro atoms. The Hall–Kier alpha value is -3.40. The van der Waals surface area contributed by atoms with E-state index in [0.717, 1.165) is 0 Å². The third-order valence-corrected chi connectivity index (χ3v) is 5.34. The molecule has 2 atom stereocenters. The highest BCUT2D eigenvalue weighted by molar-refractivity contribution is 6.00. The Morgan fingerprint density at radius 2 is 2.11 bits per heavy atom. The van der Waals surface area contributed by atoms with Crippen molar-refractivity contribution in [2.45, 2.75) is 12.6 Å². The van der Waals surface area contributed by atoms with Crippen molar-refractivity contribution in [3.8, 4) is 0 Å². The molecule has 5 rings (SSSR count). The Balaban J connectivity index is 1.73. The molecule has 2 unspecified atom stereocenters. The van der Waals surface area contributed by atoms with Crippen LogP contribution in [0.5, 0.6) is 0 Å². The third-order valence-electron chi connectivity index (χ3n) is 5.34. The molecule has 0 radical (unpaired) electrons. The van der Waals surface area contributed by atoms with Crippen LogP contribution in [-0.2, 0) is 6.54 Å². The van der Waals surface area contributed by atoms with Crippen LogP contribution >= 0.6 is 0 Å². The number of carbonyl (C=O) groups excluding carboxylic acids is 1. The second-order valence-electron chi connectivity index (χ2n) is 7.14. The van der Waals surface area contributed by atoms with Gasteiger partial charge in [0.2, 0.25) is 0 Å². The van der Waals surface area contributed by atoms with E-state index in [1.165, 1.54) is 12.3 Å². The van der Waals surface area contributed by atoms with E-state index < -0.39 is 6.10 Å². The normalized spacial score (nSPS) is 21.2. The smallest absolute Gasteiger partial charge is 0.259 e. The monoisotopic (exact) mass is 381 g/mol. The van der Waals surface area contributed by atoms with Crippen LogP contribution in [-0.4, -0.2) is 61.3 Å². The number of amides is 1. The van der Waals surface area contributed by atoms with E-state index in [2.05, 4.69) is 20.7 Å². The van der Waals surface area contributed by atoms with Crippen LogP contribution in [0.4, 0.5) is 17.3 Å². The number of rotatable bonds is 1. The number of hydrogen-bond donors (Lipinski definition) is 3. The van der Waals surface area contributed by atoms with Crippen molar-refractivity contribution >= 4 is 28.9 Å². The summed E-state index contributed by atoms with van der Waals surface area (Å²) in [6, 6.07) is 4.94. The number of pyridine rings is 1. The largest absolute Gasteiger partial charge is 0.391 e. The lowest BCUT2D eigenvalue weighted by Gasteiger charge is -2.16. The van der Waals surface area contributed by atoms with Gasteiger partial charge in [-0.05, 0) is 6.07 Å². The van der Waals surface area contributed by atoms with Crippen LogP contribution in [0.2, 0.25) is 0 Å². The molecule has 144 valence electrons. The fourth-order valence-corrected chi connectivity index (χ4v) is 3.87. The molecule has 2 aliphatic rings. The number of hydrogen-bond acceptors (Lipinski definition) is 7. The first-order valence-corrected chi connectivity index (χ1v) is 9.05. The molecule has 2 aliphatic heterocycles. The van der Waals surface area contributed by atoms with Crippen LogP contribution in [0.25, 0.3) is 5.65 Å². The number of aromatic nitrogens is 4. The summed E-state index contributed by atoms with van der Waals surface area (Å²) in [6.45, 7) is 0.904. The van der Waals surface area contributed by atoms with Gasteiger partial charge in [0.1, 0.15) is 17.2 Å². The van der Waals surface area contributed by atoms with Gasteiger partial charge in [-0.1, -0.05) is 0 Å². The topological polar surface area (TPSA) is 117 Å². The van der Waals surface area contributed by atoms with Crippen molar-refractivity contribution in [1.29, 1.82) is 0 Å². The van der Waals surface area contributed by atoms with Crippen LogP contribution in [0.1, 0.15) is 10.4 Å². The third kappa shape index (κ3) is 2.53. The molecule has 1 amide bonds. The zero-order valence-corrected chi connectivity index (χ0v) is 15.2. The molecule has 3 N–H and O–H groups in total. The minimum Gasteiger partial charge on any atom is -0.391 e. The Bertz CT molecular complexity index is 1150. The number of nitrogens with one attached hydrogen (secondary N) is 2. The molecule has 10 nitrogen and oxygen atoms in total. The van der Waals surface area contributed by atoms with Crippen LogP contribution in [0, 0.1) is 5.92 Å². The molecule has 0 aliphatic carbocycles. The fourth-order valence-electron chi connectivity index (χ4n) is 3.87. The SMILES string of the molecule is CNc1cc2nc3c(cnn13)C(=O)N1CC(O)C(C1)Cn1cc(ccc1=O)N2. The number of aliphatic hydroxyl groups is 1. The molecule has 3 aromatic heterocycles. The van der Waals surface area contributed by atoms with Crippen molar-refractivity contribution in [2.75, 3.05) is 30.8 Å². The molecule has 5 heterocycles. The van der Waals surface area contributed by atoms with Crippen LogP contribution < -0.4 is 16.2 Å². The first-order valence-electron chi connectivity index (χ1n) is 9.05. The highest BCUT2D eigenvalue weighted by Crippen LogP contribution is 2.26.